The standard InChI is InChI=1S/C17H13ClFN3O/c1-22-17(23)14(10-20-12-8-6-11(18)7-9-12)16(21-22)13-4-2-3-5-15(13)19/h2-10,21H,1H3. The highest BCUT2D eigenvalue weighted by atomic mass is 35.5. The number of hydrogen-bond acceptors (Lipinski definition) is 2. The van der Waals surface area contributed by atoms with Crippen molar-refractivity contribution in [1.29, 1.82) is 0 Å². The van der Waals surface area contributed by atoms with Gasteiger partial charge in [-0.1, -0.05) is 23.7 Å². The van der Waals surface area contributed by atoms with Gasteiger partial charge in [-0.25, -0.2) is 4.39 Å². The minimum absolute atomic E-state index is 0.277. The predicted octanol–water partition coefficient (Wildman–Crippen LogP) is 3.92. The molecule has 4 nitrogen and oxygen atoms in total. The number of H-pyrrole nitrogens is 1. The number of aliphatic imine (C=N–C) groups is 1. The van der Waals surface area contributed by atoms with E-state index in [0.29, 0.717) is 27.5 Å². The van der Waals surface area contributed by atoms with Gasteiger partial charge in [-0.3, -0.25) is 19.6 Å². The SMILES string of the molecule is Cn1[nH]c(-c2ccccc2F)c(C=Nc2ccc(Cl)cc2)c1=O. The predicted molar refractivity (Wildman–Crippen MR) is 90.1 cm³/mol. The van der Waals surface area contributed by atoms with E-state index in [0.717, 1.165) is 0 Å². The number of aromatic nitrogens is 2. The van der Waals surface area contributed by atoms with Gasteiger partial charge in [0.2, 0.25) is 0 Å². The van der Waals surface area contributed by atoms with Crippen LogP contribution < -0.4 is 5.56 Å². The molecule has 0 fully saturated rings. The van der Waals surface area contributed by atoms with E-state index < -0.39 is 5.82 Å². The Morgan fingerprint density at radius 3 is 2.57 bits per heavy atom. The lowest BCUT2D eigenvalue weighted by molar-refractivity contribution is 0.629. The summed E-state index contributed by atoms with van der Waals surface area (Å²) in [5.74, 6) is -0.407. The Balaban J connectivity index is 2.07. The summed E-state index contributed by atoms with van der Waals surface area (Å²) in [4.78, 5) is 16.5. The van der Waals surface area contributed by atoms with Gasteiger partial charge in [-0.05, 0) is 36.4 Å². The maximum Gasteiger partial charge on any atom is 0.275 e. The molecular formula is C17H13ClFN3O. The molecule has 0 atom stereocenters. The third-order valence-corrected chi connectivity index (χ3v) is 3.65. The second-order valence-electron chi connectivity index (χ2n) is 4.98. The second kappa shape index (κ2) is 6.22. The van der Waals surface area contributed by atoms with E-state index in [1.54, 1.807) is 49.5 Å². The Morgan fingerprint density at radius 2 is 1.87 bits per heavy atom. The van der Waals surface area contributed by atoms with Crippen LogP contribution in [0.15, 0.2) is 58.3 Å². The molecule has 0 bridgehead atoms. The average Bonchev–Trinajstić information content (AvgIpc) is 2.82. The number of nitrogens with zero attached hydrogens (tertiary/aromatic N) is 2. The number of benzene rings is 2. The van der Waals surface area contributed by atoms with E-state index in [2.05, 4.69) is 10.1 Å². The minimum atomic E-state index is -0.407. The molecule has 116 valence electrons. The van der Waals surface area contributed by atoms with Crippen LogP contribution in [-0.2, 0) is 7.05 Å². The van der Waals surface area contributed by atoms with E-state index in [4.69, 9.17) is 11.6 Å². The van der Waals surface area contributed by atoms with Gasteiger partial charge in [-0.2, -0.15) is 0 Å². The number of rotatable bonds is 3. The minimum Gasteiger partial charge on any atom is -0.294 e. The third kappa shape index (κ3) is 3.10. The summed E-state index contributed by atoms with van der Waals surface area (Å²) < 4.78 is 15.3. The third-order valence-electron chi connectivity index (χ3n) is 3.40. The number of halogens is 2. The Labute approximate surface area is 136 Å². The summed E-state index contributed by atoms with van der Waals surface area (Å²) in [6, 6.07) is 13.2. The molecule has 0 saturated carbocycles. The van der Waals surface area contributed by atoms with Gasteiger partial charge in [0.15, 0.2) is 0 Å². The van der Waals surface area contributed by atoms with Gasteiger partial charge in [0.05, 0.1) is 16.9 Å². The van der Waals surface area contributed by atoms with Crippen LogP contribution in [0, 0.1) is 5.82 Å². The van der Waals surface area contributed by atoms with Crippen molar-refractivity contribution in [3.05, 3.63) is 75.3 Å². The maximum atomic E-state index is 14.0. The molecule has 0 radical (unpaired) electrons. The lowest BCUT2D eigenvalue weighted by Crippen LogP contribution is -2.14. The van der Waals surface area contributed by atoms with E-state index >= 15 is 0 Å². The molecule has 0 aliphatic carbocycles. The van der Waals surface area contributed by atoms with Crippen molar-refractivity contribution in [2.45, 2.75) is 0 Å². The molecule has 6 heteroatoms. The van der Waals surface area contributed by atoms with Gasteiger partial charge in [0.25, 0.3) is 5.56 Å². The Morgan fingerprint density at radius 1 is 1.17 bits per heavy atom. The van der Waals surface area contributed by atoms with Crippen LogP contribution in [0.1, 0.15) is 5.56 Å². The van der Waals surface area contributed by atoms with E-state index in [1.807, 2.05) is 0 Å². The summed E-state index contributed by atoms with van der Waals surface area (Å²) in [7, 11) is 1.58. The molecule has 3 rings (SSSR count). The van der Waals surface area contributed by atoms with Crippen LogP contribution >= 0.6 is 11.6 Å². The Hall–Kier alpha value is -2.66. The van der Waals surface area contributed by atoms with Gasteiger partial charge in [0.1, 0.15) is 5.82 Å². The Kier molecular flexibility index (Phi) is 4.12. The van der Waals surface area contributed by atoms with Crippen molar-refractivity contribution in [2.24, 2.45) is 12.0 Å². The van der Waals surface area contributed by atoms with Gasteiger partial charge in [-0.15, -0.1) is 0 Å². The summed E-state index contributed by atoms with van der Waals surface area (Å²) in [5.41, 5.74) is 1.39. The van der Waals surface area contributed by atoms with Crippen LogP contribution in [0.5, 0.6) is 0 Å². The zero-order chi connectivity index (χ0) is 16.4. The fourth-order valence-corrected chi connectivity index (χ4v) is 2.35. The van der Waals surface area contributed by atoms with Crippen LogP contribution in [-0.4, -0.2) is 16.0 Å². The molecule has 0 aliphatic rings. The smallest absolute Gasteiger partial charge is 0.275 e. The molecule has 0 unspecified atom stereocenters. The fraction of sp³-hybridized carbons (Fsp3) is 0.0588. The van der Waals surface area contributed by atoms with Gasteiger partial charge < -0.3 is 0 Å². The van der Waals surface area contributed by atoms with Crippen molar-refractivity contribution in [3.8, 4) is 11.3 Å². The van der Waals surface area contributed by atoms with Crippen molar-refractivity contribution < 1.29 is 4.39 Å². The summed E-state index contributed by atoms with van der Waals surface area (Å²) >= 11 is 5.83. The summed E-state index contributed by atoms with van der Waals surface area (Å²) in [6.45, 7) is 0. The second-order valence-corrected chi connectivity index (χ2v) is 5.42. The largest absolute Gasteiger partial charge is 0.294 e. The van der Waals surface area contributed by atoms with E-state index in [-0.39, 0.29) is 5.56 Å². The molecule has 0 amide bonds. The highest BCUT2D eigenvalue weighted by molar-refractivity contribution is 6.30. The number of nitrogens with one attached hydrogen (secondary N) is 1. The van der Waals surface area contributed by atoms with Crippen LogP contribution in [0.4, 0.5) is 10.1 Å². The van der Waals surface area contributed by atoms with Crippen molar-refractivity contribution >= 4 is 23.5 Å². The van der Waals surface area contributed by atoms with Gasteiger partial charge >= 0.3 is 0 Å². The number of hydrogen-bond donors (Lipinski definition) is 1. The molecule has 2 aromatic carbocycles. The fourth-order valence-electron chi connectivity index (χ4n) is 2.22. The van der Waals surface area contributed by atoms with Crippen molar-refractivity contribution in [1.82, 2.24) is 9.78 Å². The monoisotopic (exact) mass is 329 g/mol. The molecule has 1 heterocycles. The zero-order valence-corrected chi connectivity index (χ0v) is 13.0. The lowest BCUT2D eigenvalue weighted by atomic mass is 10.1. The average molecular weight is 330 g/mol. The molecule has 3 aromatic rings. The number of aryl methyl sites for hydroxylation is 1. The first-order valence-electron chi connectivity index (χ1n) is 6.90. The molecule has 1 aromatic heterocycles. The summed E-state index contributed by atoms with van der Waals surface area (Å²) in [6.07, 6.45) is 1.43. The van der Waals surface area contributed by atoms with Crippen LogP contribution in [0.2, 0.25) is 5.02 Å². The first kappa shape index (κ1) is 15.2. The van der Waals surface area contributed by atoms with E-state index in [9.17, 15) is 9.18 Å². The zero-order valence-electron chi connectivity index (χ0n) is 12.3. The topological polar surface area (TPSA) is 50.1 Å². The summed E-state index contributed by atoms with van der Waals surface area (Å²) in [5, 5.41) is 3.47. The number of aromatic amines is 1. The molecule has 1 N–H and O–H groups in total. The van der Waals surface area contributed by atoms with Crippen LogP contribution in [0.3, 0.4) is 0 Å². The first-order chi connectivity index (χ1) is 11.1. The highest BCUT2D eigenvalue weighted by Gasteiger charge is 2.15. The molecular weight excluding hydrogens is 317 g/mol. The maximum absolute atomic E-state index is 14.0. The molecule has 23 heavy (non-hydrogen) atoms. The van der Waals surface area contributed by atoms with Crippen molar-refractivity contribution in [3.63, 3.8) is 0 Å². The molecule has 0 aliphatic heterocycles. The van der Waals surface area contributed by atoms with Crippen molar-refractivity contribution in [2.75, 3.05) is 0 Å². The quantitative estimate of drug-likeness (QED) is 0.727. The molecule has 0 spiro atoms. The normalized spacial score (nSPS) is 11.3. The Bertz CT molecular complexity index is 926. The molecule has 0 saturated heterocycles. The van der Waals surface area contributed by atoms with Gasteiger partial charge in [0, 0.05) is 23.8 Å². The van der Waals surface area contributed by atoms with Crippen LogP contribution in [0.25, 0.3) is 11.3 Å². The highest BCUT2D eigenvalue weighted by Crippen LogP contribution is 2.22. The van der Waals surface area contributed by atoms with E-state index in [1.165, 1.54) is 17.0 Å². The lowest BCUT2D eigenvalue weighted by Gasteiger charge is -2.01. The first-order valence-corrected chi connectivity index (χ1v) is 7.27.